The third-order valence-corrected chi connectivity index (χ3v) is 5.39. The van der Waals surface area contributed by atoms with Crippen molar-refractivity contribution in [3.63, 3.8) is 0 Å². The number of hydrogen-bond donors (Lipinski definition) is 2. The molecule has 0 aliphatic carbocycles. The molecule has 0 spiro atoms. The van der Waals surface area contributed by atoms with Crippen molar-refractivity contribution in [2.75, 3.05) is 10.6 Å². The molecule has 0 aliphatic rings. The number of pyridine rings is 1. The fourth-order valence-electron chi connectivity index (χ4n) is 2.92. The largest absolute Gasteiger partial charge is 0.433 e. The molecule has 8 nitrogen and oxygen atoms in total. The second-order valence-corrected chi connectivity index (χ2v) is 8.14. The maximum absolute atomic E-state index is 12.5. The number of carbonyl (C=O) groups excluding carboxylic acids is 1. The molecule has 3 aromatic heterocycles. The summed E-state index contributed by atoms with van der Waals surface area (Å²) >= 11 is 1.31. The number of thiazole rings is 1. The van der Waals surface area contributed by atoms with Crippen LogP contribution >= 0.6 is 11.3 Å². The molecule has 0 saturated carbocycles. The van der Waals surface area contributed by atoms with Crippen LogP contribution in [0.5, 0.6) is 5.75 Å². The molecule has 0 fully saturated rings. The van der Waals surface area contributed by atoms with Gasteiger partial charge in [0.2, 0.25) is 5.95 Å². The van der Waals surface area contributed by atoms with E-state index in [1.807, 2.05) is 19.9 Å². The molecule has 1 aromatic carbocycles. The number of ether oxygens (including phenoxy) is 1. The monoisotopic (exact) mass is 468 g/mol. The van der Waals surface area contributed by atoms with E-state index >= 15 is 0 Å². The van der Waals surface area contributed by atoms with Gasteiger partial charge in [-0.1, -0.05) is 6.07 Å². The molecule has 0 bridgehead atoms. The van der Waals surface area contributed by atoms with Gasteiger partial charge in [0.15, 0.2) is 0 Å². The summed E-state index contributed by atoms with van der Waals surface area (Å²) in [5, 5.41) is 6.79. The van der Waals surface area contributed by atoms with Crippen molar-refractivity contribution in [1.29, 1.82) is 0 Å². The summed E-state index contributed by atoms with van der Waals surface area (Å²) in [5.74, 6) is -0.0181. The maximum Gasteiger partial charge on any atom is 0.387 e. The number of nitrogens with one attached hydrogen (secondary N) is 2. The lowest BCUT2D eigenvalue weighted by Crippen LogP contribution is -2.10. The molecule has 0 unspecified atom stereocenters. The van der Waals surface area contributed by atoms with E-state index in [4.69, 9.17) is 0 Å². The van der Waals surface area contributed by atoms with Gasteiger partial charge in [-0.15, -0.1) is 11.3 Å². The Labute approximate surface area is 191 Å². The summed E-state index contributed by atoms with van der Waals surface area (Å²) in [5.41, 5.74) is 3.16. The zero-order chi connectivity index (χ0) is 23.4. The number of nitrogens with zero attached hydrogens (tertiary/aromatic N) is 4. The van der Waals surface area contributed by atoms with Gasteiger partial charge in [-0.05, 0) is 43.7 Å². The number of aryl methyl sites for hydroxylation is 2. The normalized spacial score (nSPS) is 10.8. The number of halogens is 2. The molecule has 4 rings (SSSR count). The number of amides is 1. The predicted octanol–water partition coefficient (Wildman–Crippen LogP) is 5.21. The van der Waals surface area contributed by atoms with E-state index < -0.39 is 6.61 Å². The third-order valence-electron chi connectivity index (χ3n) is 4.48. The van der Waals surface area contributed by atoms with Gasteiger partial charge < -0.3 is 15.4 Å². The molecule has 0 saturated heterocycles. The van der Waals surface area contributed by atoms with Gasteiger partial charge in [-0.25, -0.2) is 15.0 Å². The van der Waals surface area contributed by atoms with E-state index in [1.54, 1.807) is 24.4 Å². The first-order valence-corrected chi connectivity index (χ1v) is 10.5. The minimum absolute atomic E-state index is 0.0638. The number of hydrogen-bond acceptors (Lipinski definition) is 8. The van der Waals surface area contributed by atoms with Crippen molar-refractivity contribution in [3.05, 3.63) is 70.6 Å². The average Bonchev–Trinajstić information content (AvgIpc) is 3.22. The average molecular weight is 468 g/mol. The van der Waals surface area contributed by atoms with Crippen LogP contribution in [0.15, 0.2) is 55.1 Å². The Morgan fingerprint density at radius 2 is 1.94 bits per heavy atom. The lowest BCUT2D eigenvalue weighted by molar-refractivity contribution is -0.0500. The molecular formula is C22H18F2N6O2S. The Morgan fingerprint density at radius 3 is 2.70 bits per heavy atom. The summed E-state index contributed by atoms with van der Waals surface area (Å²) < 4.78 is 29.4. The molecule has 1 amide bonds. The SMILES string of the molecule is Cc1ncc(C(=O)Nc2ccc(C)c(Nc3nccc(-c4cncc(OC(F)F)c4)n3)c2)s1. The zero-order valence-corrected chi connectivity index (χ0v) is 18.4. The highest BCUT2D eigenvalue weighted by Gasteiger charge is 2.12. The Morgan fingerprint density at radius 1 is 1.09 bits per heavy atom. The second-order valence-electron chi connectivity index (χ2n) is 6.91. The van der Waals surface area contributed by atoms with E-state index in [2.05, 4.69) is 35.3 Å². The van der Waals surface area contributed by atoms with Gasteiger partial charge in [-0.2, -0.15) is 8.78 Å². The van der Waals surface area contributed by atoms with E-state index in [1.165, 1.54) is 36.0 Å². The van der Waals surface area contributed by atoms with E-state index in [0.29, 0.717) is 27.5 Å². The van der Waals surface area contributed by atoms with Crippen LogP contribution in [0.3, 0.4) is 0 Å². The lowest BCUT2D eigenvalue weighted by atomic mass is 10.1. The number of anilines is 3. The number of aromatic nitrogens is 4. The van der Waals surface area contributed by atoms with Crippen molar-refractivity contribution in [1.82, 2.24) is 19.9 Å². The molecule has 33 heavy (non-hydrogen) atoms. The summed E-state index contributed by atoms with van der Waals surface area (Å²) in [6.45, 7) is 0.793. The quantitative estimate of drug-likeness (QED) is 0.384. The summed E-state index contributed by atoms with van der Waals surface area (Å²) in [6, 6.07) is 8.48. The smallest absolute Gasteiger partial charge is 0.387 e. The van der Waals surface area contributed by atoms with Crippen LogP contribution in [0.25, 0.3) is 11.3 Å². The molecule has 11 heteroatoms. The number of rotatable bonds is 7. The molecule has 0 atom stereocenters. The van der Waals surface area contributed by atoms with E-state index in [9.17, 15) is 13.6 Å². The van der Waals surface area contributed by atoms with E-state index in [0.717, 1.165) is 10.6 Å². The highest BCUT2D eigenvalue weighted by Crippen LogP contribution is 2.26. The standard InChI is InChI=1S/C22H18F2N6O2S/c1-12-3-4-15(28-20(31)19-11-27-13(2)33-19)8-18(12)30-22-26-6-5-17(29-22)14-7-16(10-25-9-14)32-21(23)24/h3-11,21H,1-2H3,(H,28,31)(H,26,29,30). The van der Waals surface area contributed by atoms with Crippen LogP contribution in [-0.2, 0) is 0 Å². The summed E-state index contributed by atoms with van der Waals surface area (Å²) in [6.07, 6.45) is 5.77. The van der Waals surface area contributed by atoms with Crippen molar-refractivity contribution in [2.45, 2.75) is 20.5 Å². The maximum atomic E-state index is 12.5. The molecule has 2 N–H and O–H groups in total. The Bertz CT molecular complexity index is 1300. The van der Waals surface area contributed by atoms with Crippen LogP contribution in [0.1, 0.15) is 20.2 Å². The number of carbonyl (C=O) groups is 1. The molecule has 0 aliphatic heterocycles. The topological polar surface area (TPSA) is 102 Å². The minimum atomic E-state index is -2.94. The fourth-order valence-corrected chi connectivity index (χ4v) is 3.59. The summed E-state index contributed by atoms with van der Waals surface area (Å²) in [7, 11) is 0. The number of benzene rings is 1. The van der Waals surface area contributed by atoms with Crippen LogP contribution in [0.2, 0.25) is 0 Å². The van der Waals surface area contributed by atoms with Gasteiger partial charge in [0, 0.05) is 29.3 Å². The van der Waals surface area contributed by atoms with Gasteiger partial charge in [-0.3, -0.25) is 9.78 Å². The Hall–Kier alpha value is -3.99. The van der Waals surface area contributed by atoms with Gasteiger partial charge in [0.05, 0.1) is 23.1 Å². The van der Waals surface area contributed by atoms with Gasteiger partial charge in [0.1, 0.15) is 10.6 Å². The highest BCUT2D eigenvalue weighted by molar-refractivity contribution is 7.13. The van der Waals surface area contributed by atoms with Crippen LogP contribution in [0, 0.1) is 13.8 Å². The van der Waals surface area contributed by atoms with Crippen LogP contribution < -0.4 is 15.4 Å². The molecule has 168 valence electrons. The minimum Gasteiger partial charge on any atom is -0.433 e. The van der Waals surface area contributed by atoms with E-state index in [-0.39, 0.29) is 17.6 Å². The Balaban J connectivity index is 1.53. The van der Waals surface area contributed by atoms with Crippen molar-refractivity contribution >= 4 is 34.6 Å². The number of alkyl halides is 2. The van der Waals surface area contributed by atoms with Crippen molar-refractivity contribution in [2.24, 2.45) is 0 Å². The Kier molecular flexibility index (Phi) is 6.50. The first kappa shape index (κ1) is 22.2. The third kappa shape index (κ3) is 5.63. The second kappa shape index (κ2) is 9.65. The van der Waals surface area contributed by atoms with Crippen molar-refractivity contribution < 1.29 is 18.3 Å². The summed E-state index contributed by atoms with van der Waals surface area (Å²) in [4.78, 5) is 29.6. The highest BCUT2D eigenvalue weighted by atomic mass is 32.1. The van der Waals surface area contributed by atoms with Gasteiger partial charge >= 0.3 is 6.61 Å². The van der Waals surface area contributed by atoms with Gasteiger partial charge in [0.25, 0.3) is 5.91 Å². The molecule has 0 radical (unpaired) electrons. The van der Waals surface area contributed by atoms with Crippen LogP contribution in [0.4, 0.5) is 26.1 Å². The predicted molar refractivity (Wildman–Crippen MR) is 121 cm³/mol. The van der Waals surface area contributed by atoms with Crippen LogP contribution in [-0.4, -0.2) is 32.5 Å². The molecular weight excluding hydrogens is 450 g/mol. The molecule has 3 heterocycles. The van der Waals surface area contributed by atoms with Crippen molar-refractivity contribution in [3.8, 4) is 17.0 Å². The molecule has 4 aromatic rings. The lowest BCUT2D eigenvalue weighted by Gasteiger charge is -2.12. The first-order chi connectivity index (χ1) is 15.9. The fraction of sp³-hybridized carbons (Fsp3) is 0.136. The first-order valence-electron chi connectivity index (χ1n) is 9.72. The zero-order valence-electron chi connectivity index (χ0n) is 17.5.